The smallest absolute Gasteiger partial charge is 0.126 e. The van der Waals surface area contributed by atoms with Crippen LogP contribution >= 0.6 is 11.8 Å². The van der Waals surface area contributed by atoms with Gasteiger partial charge in [-0.25, -0.2) is 4.98 Å². The third-order valence-electron chi connectivity index (χ3n) is 2.59. The molecule has 0 radical (unpaired) electrons. The van der Waals surface area contributed by atoms with Gasteiger partial charge in [-0.05, 0) is 25.1 Å². The number of nitrogens with one attached hydrogen (secondary N) is 1. The third-order valence-corrected chi connectivity index (χ3v) is 4.06. The monoisotopic (exact) mass is 255 g/mol. The van der Waals surface area contributed by atoms with Crippen LogP contribution < -0.4 is 5.32 Å². The maximum absolute atomic E-state index is 4.49. The van der Waals surface area contributed by atoms with Crippen LogP contribution in [0.4, 0.5) is 0 Å². The van der Waals surface area contributed by atoms with E-state index >= 15 is 0 Å². The Balaban J connectivity index is 2.58. The lowest BCUT2D eigenvalue weighted by Gasteiger charge is -2.18. The Morgan fingerprint density at radius 2 is 2.12 bits per heavy atom. The molecule has 0 amide bonds. The minimum atomic E-state index is 0.374. The van der Waals surface area contributed by atoms with Gasteiger partial charge >= 0.3 is 0 Å². The number of aryl methyl sites for hydroxylation is 1. The van der Waals surface area contributed by atoms with Crippen molar-refractivity contribution in [1.82, 2.24) is 14.9 Å². The zero-order valence-electron chi connectivity index (χ0n) is 11.4. The van der Waals surface area contributed by atoms with Gasteiger partial charge in [0.15, 0.2) is 0 Å². The SMILES string of the molecule is CCNC(CSCC(C)C)c1nccn1CC. The predicted octanol–water partition coefficient (Wildman–Crippen LogP) is 2.94. The molecule has 1 aromatic rings. The van der Waals surface area contributed by atoms with Gasteiger partial charge in [0.1, 0.15) is 5.82 Å². The molecule has 0 aromatic carbocycles. The Kier molecular flexibility index (Phi) is 6.66. The Labute approximate surface area is 109 Å². The molecule has 0 aliphatic carbocycles. The summed E-state index contributed by atoms with van der Waals surface area (Å²) in [4.78, 5) is 4.49. The van der Waals surface area contributed by atoms with E-state index in [2.05, 4.69) is 48.8 Å². The van der Waals surface area contributed by atoms with Crippen LogP contribution in [0.5, 0.6) is 0 Å². The highest BCUT2D eigenvalue weighted by molar-refractivity contribution is 7.99. The summed E-state index contributed by atoms with van der Waals surface area (Å²) in [6.45, 7) is 10.8. The third kappa shape index (κ3) is 4.72. The van der Waals surface area contributed by atoms with Crippen LogP contribution in [0.1, 0.15) is 39.6 Å². The van der Waals surface area contributed by atoms with E-state index < -0.39 is 0 Å². The van der Waals surface area contributed by atoms with Crippen LogP contribution in [0.15, 0.2) is 12.4 Å². The minimum Gasteiger partial charge on any atom is -0.334 e. The van der Waals surface area contributed by atoms with E-state index in [1.54, 1.807) is 0 Å². The Morgan fingerprint density at radius 1 is 1.35 bits per heavy atom. The fourth-order valence-corrected chi connectivity index (χ4v) is 2.90. The molecule has 0 spiro atoms. The second-order valence-electron chi connectivity index (χ2n) is 4.61. The van der Waals surface area contributed by atoms with E-state index in [0.29, 0.717) is 6.04 Å². The fraction of sp³-hybridized carbons (Fsp3) is 0.769. The van der Waals surface area contributed by atoms with Gasteiger partial charge < -0.3 is 9.88 Å². The number of hydrogen-bond donors (Lipinski definition) is 1. The van der Waals surface area contributed by atoms with Gasteiger partial charge in [-0.3, -0.25) is 0 Å². The maximum Gasteiger partial charge on any atom is 0.126 e. The molecule has 0 bridgehead atoms. The molecule has 0 saturated heterocycles. The van der Waals surface area contributed by atoms with Gasteiger partial charge in [-0.2, -0.15) is 11.8 Å². The highest BCUT2D eigenvalue weighted by Gasteiger charge is 2.15. The van der Waals surface area contributed by atoms with E-state index in [9.17, 15) is 0 Å². The van der Waals surface area contributed by atoms with Crippen molar-refractivity contribution >= 4 is 11.8 Å². The van der Waals surface area contributed by atoms with Gasteiger partial charge in [0.2, 0.25) is 0 Å². The number of thioether (sulfide) groups is 1. The predicted molar refractivity (Wildman–Crippen MR) is 76.5 cm³/mol. The van der Waals surface area contributed by atoms with Crippen molar-refractivity contribution in [2.24, 2.45) is 5.92 Å². The Morgan fingerprint density at radius 3 is 2.71 bits per heavy atom. The van der Waals surface area contributed by atoms with Crippen molar-refractivity contribution in [3.05, 3.63) is 18.2 Å². The summed E-state index contributed by atoms with van der Waals surface area (Å²) in [5.74, 6) is 4.25. The summed E-state index contributed by atoms with van der Waals surface area (Å²) < 4.78 is 2.23. The molecular formula is C13H25N3S. The van der Waals surface area contributed by atoms with Crippen molar-refractivity contribution < 1.29 is 0 Å². The molecule has 0 fully saturated rings. The minimum absolute atomic E-state index is 0.374. The van der Waals surface area contributed by atoms with E-state index in [1.807, 2.05) is 18.0 Å². The van der Waals surface area contributed by atoms with Crippen molar-refractivity contribution in [3.8, 4) is 0 Å². The van der Waals surface area contributed by atoms with Crippen molar-refractivity contribution in [2.75, 3.05) is 18.1 Å². The Bertz CT molecular complexity index is 309. The molecule has 1 rings (SSSR count). The number of aromatic nitrogens is 2. The van der Waals surface area contributed by atoms with E-state index in [4.69, 9.17) is 0 Å². The lowest BCUT2D eigenvalue weighted by molar-refractivity contribution is 0.539. The largest absolute Gasteiger partial charge is 0.334 e. The first-order valence-electron chi connectivity index (χ1n) is 6.51. The maximum atomic E-state index is 4.49. The quantitative estimate of drug-likeness (QED) is 0.774. The summed E-state index contributed by atoms with van der Waals surface area (Å²) >= 11 is 2.01. The molecule has 1 aromatic heterocycles. The first kappa shape index (κ1) is 14.6. The second-order valence-corrected chi connectivity index (χ2v) is 5.69. The van der Waals surface area contributed by atoms with Crippen LogP contribution in [-0.2, 0) is 6.54 Å². The van der Waals surface area contributed by atoms with E-state index in [0.717, 1.165) is 24.8 Å². The summed E-state index contributed by atoms with van der Waals surface area (Å²) in [7, 11) is 0. The van der Waals surface area contributed by atoms with Crippen LogP contribution in [0.2, 0.25) is 0 Å². The topological polar surface area (TPSA) is 29.9 Å². The normalized spacial score (nSPS) is 13.2. The molecule has 0 aliphatic heterocycles. The molecule has 98 valence electrons. The van der Waals surface area contributed by atoms with Gasteiger partial charge in [0.05, 0.1) is 6.04 Å². The highest BCUT2D eigenvalue weighted by Crippen LogP contribution is 2.18. The molecule has 1 atom stereocenters. The van der Waals surface area contributed by atoms with Crippen LogP contribution in [0.3, 0.4) is 0 Å². The number of imidazole rings is 1. The molecule has 1 N–H and O–H groups in total. The standard InChI is InChI=1S/C13H25N3S/c1-5-14-12(10-17-9-11(3)4)13-15-7-8-16(13)6-2/h7-8,11-12,14H,5-6,9-10H2,1-4H3. The zero-order chi connectivity index (χ0) is 12.7. The molecular weight excluding hydrogens is 230 g/mol. The van der Waals surface area contributed by atoms with Crippen molar-refractivity contribution in [2.45, 2.75) is 40.3 Å². The first-order chi connectivity index (χ1) is 8.19. The lowest BCUT2D eigenvalue weighted by Crippen LogP contribution is -2.26. The average Bonchev–Trinajstić information content (AvgIpc) is 2.75. The van der Waals surface area contributed by atoms with Gasteiger partial charge in [0.25, 0.3) is 0 Å². The molecule has 4 heteroatoms. The molecule has 0 saturated carbocycles. The van der Waals surface area contributed by atoms with Crippen LogP contribution in [0.25, 0.3) is 0 Å². The van der Waals surface area contributed by atoms with E-state index in [1.165, 1.54) is 11.6 Å². The lowest BCUT2D eigenvalue weighted by atomic mass is 10.3. The highest BCUT2D eigenvalue weighted by atomic mass is 32.2. The second kappa shape index (κ2) is 7.77. The van der Waals surface area contributed by atoms with Crippen LogP contribution in [-0.4, -0.2) is 27.6 Å². The Hall–Kier alpha value is -0.480. The fourth-order valence-electron chi connectivity index (χ4n) is 1.79. The van der Waals surface area contributed by atoms with Gasteiger partial charge in [-0.15, -0.1) is 0 Å². The summed E-state index contributed by atoms with van der Waals surface area (Å²) in [5.41, 5.74) is 0. The molecule has 0 aliphatic rings. The summed E-state index contributed by atoms with van der Waals surface area (Å²) in [6.07, 6.45) is 3.96. The van der Waals surface area contributed by atoms with Gasteiger partial charge in [-0.1, -0.05) is 20.8 Å². The van der Waals surface area contributed by atoms with Gasteiger partial charge in [0, 0.05) is 24.7 Å². The van der Waals surface area contributed by atoms with Crippen molar-refractivity contribution in [1.29, 1.82) is 0 Å². The number of hydrogen-bond acceptors (Lipinski definition) is 3. The molecule has 1 unspecified atom stereocenters. The average molecular weight is 255 g/mol. The molecule has 1 heterocycles. The summed E-state index contributed by atoms with van der Waals surface area (Å²) in [6, 6.07) is 0.374. The zero-order valence-corrected chi connectivity index (χ0v) is 12.3. The summed E-state index contributed by atoms with van der Waals surface area (Å²) in [5, 5.41) is 3.53. The van der Waals surface area contributed by atoms with Crippen LogP contribution in [0, 0.1) is 5.92 Å². The number of nitrogens with zero attached hydrogens (tertiary/aromatic N) is 2. The first-order valence-corrected chi connectivity index (χ1v) is 7.66. The molecule has 3 nitrogen and oxygen atoms in total. The van der Waals surface area contributed by atoms with E-state index in [-0.39, 0.29) is 0 Å². The van der Waals surface area contributed by atoms with Crippen molar-refractivity contribution in [3.63, 3.8) is 0 Å². The molecule has 17 heavy (non-hydrogen) atoms. The number of rotatable bonds is 8.